The van der Waals surface area contributed by atoms with Crippen LogP contribution in [0.15, 0.2) is 48.0 Å². The highest BCUT2D eigenvalue weighted by Gasteiger charge is 2.46. The number of carbonyl (C=O) groups excluding carboxylic acids is 2. The average Bonchev–Trinajstić information content (AvgIpc) is 3.13. The minimum atomic E-state index is -0.654. The van der Waals surface area contributed by atoms with E-state index < -0.39 is 17.7 Å². The van der Waals surface area contributed by atoms with E-state index in [2.05, 4.69) is 18.7 Å². The number of hydrogen-bond donors (Lipinski definition) is 1. The smallest absolute Gasteiger partial charge is 0.295 e. The Labute approximate surface area is 213 Å². The fourth-order valence-electron chi connectivity index (χ4n) is 4.90. The maximum Gasteiger partial charge on any atom is 0.295 e. The third-order valence-corrected chi connectivity index (χ3v) is 6.98. The number of hydrogen-bond acceptors (Lipinski definition) is 6. The maximum atomic E-state index is 13.4. The first-order valence-electron chi connectivity index (χ1n) is 12.7. The van der Waals surface area contributed by atoms with Gasteiger partial charge < -0.3 is 19.5 Å². The second-order valence-corrected chi connectivity index (χ2v) is 9.68. The summed E-state index contributed by atoms with van der Waals surface area (Å²) in [5, 5.41) is 11.4. The van der Waals surface area contributed by atoms with Crippen molar-refractivity contribution in [3.63, 3.8) is 0 Å². The lowest BCUT2D eigenvalue weighted by molar-refractivity contribution is -0.140. The summed E-state index contributed by atoms with van der Waals surface area (Å²) in [6, 6.07) is 12.7. The molecule has 0 saturated carbocycles. The number of amides is 1. The number of benzene rings is 2. The van der Waals surface area contributed by atoms with Gasteiger partial charge >= 0.3 is 0 Å². The molecule has 0 bridgehead atoms. The fourth-order valence-corrected chi connectivity index (χ4v) is 4.90. The second kappa shape index (κ2) is 11.3. The highest BCUT2D eigenvalue weighted by atomic mass is 16.5. The van der Waals surface area contributed by atoms with E-state index >= 15 is 0 Å². The predicted octanol–water partition coefficient (Wildman–Crippen LogP) is 4.27. The summed E-state index contributed by atoms with van der Waals surface area (Å²) < 4.78 is 11.0. The van der Waals surface area contributed by atoms with Crippen LogP contribution >= 0.6 is 0 Å². The van der Waals surface area contributed by atoms with Crippen molar-refractivity contribution in [3.05, 3.63) is 70.3 Å². The lowest BCUT2D eigenvalue weighted by Gasteiger charge is -2.31. The number of likely N-dealkylation sites (tertiary alicyclic amines) is 1. The van der Waals surface area contributed by atoms with Gasteiger partial charge in [0.25, 0.3) is 11.7 Å². The van der Waals surface area contributed by atoms with E-state index in [4.69, 9.17) is 9.47 Å². The van der Waals surface area contributed by atoms with Crippen LogP contribution in [0, 0.1) is 6.92 Å². The van der Waals surface area contributed by atoms with E-state index in [-0.39, 0.29) is 11.3 Å². The lowest BCUT2D eigenvalue weighted by atomic mass is 9.92. The molecule has 0 unspecified atom stereocenters. The van der Waals surface area contributed by atoms with Crippen LogP contribution < -0.4 is 4.74 Å². The molecule has 36 heavy (non-hydrogen) atoms. The molecular weight excluding hydrogens is 456 g/mol. The zero-order valence-corrected chi connectivity index (χ0v) is 21.6. The Hall–Kier alpha value is -3.16. The van der Waals surface area contributed by atoms with Gasteiger partial charge in [-0.3, -0.25) is 14.5 Å². The Kier molecular flexibility index (Phi) is 8.11. The topological polar surface area (TPSA) is 79.3 Å². The molecule has 2 aromatic rings. The minimum Gasteiger partial charge on any atom is -0.507 e. The highest BCUT2D eigenvalue weighted by molar-refractivity contribution is 6.46. The van der Waals surface area contributed by atoms with Crippen molar-refractivity contribution in [3.8, 4) is 5.75 Å². The summed E-state index contributed by atoms with van der Waals surface area (Å²) in [4.78, 5) is 30.5. The van der Waals surface area contributed by atoms with Crippen molar-refractivity contribution in [2.75, 3.05) is 46.0 Å². The maximum absolute atomic E-state index is 13.4. The summed E-state index contributed by atoms with van der Waals surface area (Å²) in [5.74, 6) is -0.329. The normalized spacial score (nSPS) is 20.4. The fraction of sp³-hybridized carbons (Fsp3) is 0.448. The summed E-state index contributed by atoms with van der Waals surface area (Å²) >= 11 is 0. The van der Waals surface area contributed by atoms with E-state index in [1.807, 2.05) is 44.2 Å². The van der Waals surface area contributed by atoms with Gasteiger partial charge in [-0.15, -0.1) is 0 Å². The molecule has 1 amide bonds. The van der Waals surface area contributed by atoms with E-state index in [9.17, 15) is 14.7 Å². The number of carbonyl (C=O) groups is 2. The number of ketones is 1. The molecule has 2 aliphatic rings. The van der Waals surface area contributed by atoms with Gasteiger partial charge in [-0.25, -0.2) is 0 Å². The van der Waals surface area contributed by atoms with Crippen molar-refractivity contribution in [1.29, 1.82) is 0 Å². The van der Waals surface area contributed by atoms with E-state index in [1.54, 1.807) is 17.0 Å². The van der Waals surface area contributed by atoms with Crippen molar-refractivity contribution >= 4 is 17.4 Å². The van der Waals surface area contributed by atoms with Crippen LogP contribution in [0.5, 0.6) is 5.75 Å². The van der Waals surface area contributed by atoms with Crippen LogP contribution in [0.25, 0.3) is 5.76 Å². The molecule has 2 saturated heterocycles. The number of morpholine rings is 1. The molecule has 2 aromatic carbocycles. The summed E-state index contributed by atoms with van der Waals surface area (Å²) in [6.45, 7) is 12.5. The van der Waals surface area contributed by atoms with Crippen LogP contribution in [-0.4, -0.2) is 72.6 Å². The van der Waals surface area contributed by atoms with E-state index in [0.29, 0.717) is 50.1 Å². The van der Waals surface area contributed by atoms with E-state index in [1.165, 1.54) is 5.56 Å². The van der Waals surface area contributed by atoms with Crippen LogP contribution in [0.1, 0.15) is 55.0 Å². The van der Waals surface area contributed by atoms with Crippen LogP contribution in [0.2, 0.25) is 0 Å². The molecule has 2 heterocycles. The van der Waals surface area contributed by atoms with Crippen molar-refractivity contribution in [2.24, 2.45) is 0 Å². The predicted molar refractivity (Wildman–Crippen MR) is 139 cm³/mol. The first-order valence-corrected chi connectivity index (χ1v) is 12.7. The van der Waals surface area contributed by atoms with E-state index in [0.717, 1.165) is 24.2 Å². The van der Waals surface area contributed by atoms with Gasteiger partial charge in [0, 0.05) is 31.7 Å². The van der Waals surface area contributed by atoms with Gasteiger partial charge in [0.15, 0.2) is 0 Å². The SMILES string of the molecule is CCOc1ccc(C(O)=C2C(=O)C(=O)N(CCN3CCOCC3)[C@@H]2c2ccc(C(C)C)cc2)c(C)c1. The number of rotatable bonds is 8. The molecule has 0 spiro atoms. The third kappa shape index (κ3) is 5.32. The molecule has 0 aromatic heterocycles. The number of aliphatic hydroxyl groups excluding tert-OH is 1. The van der Waals surface area contributed by atoms with Gasteiger partial charge in [0.05, 0.1) is 31.4 Å². The third-order valence-electron chi connectivity index (χ3n) is 6.98. The molecule has 1 atom stereocenters. The number of ether oxygens (including phenoxy) is 2. The zero-order chi connectivity index (χ0) is 25.8. The number of aliphatic hydroxyl groups is 1. The lowest BCUT2D eigenvalue weighted by Crippen LogP contribution is -2.42. The van der Waals surface area contributed by atoms with Crippen LogP contribution in [-0.2, 0) is 14.3 Å². The molecule has 2 aliphatic heterocycles. The Bertz CT molecular complexity index is 1130. The Morgan fingerprint density at radius 1 is 1.08 bits per heavy atom. The molecule has 2 fully saturated rings. The van der Waals surface area contributed by atoms with Gasteiger partial charge in [0.2, 0.25) is 0 Å². The van der Waals surface area contributed by atoms with Gasteiger partial charge in [0.1, 0.15) is 11.5 Å². The van der Waals surface area contributed by atoms with Gasteiger partial charge in [-0.05, 0) is 54.7 Å². The summed E-state index contributed by atoms with van der Waals surface area (Å²) in [5.41, 5.74) is 3.41. The van der Waals surface area contributed by atoms with Gasteiger partial charge in [-0.2, -0.15) is 0 Å². The highest BCUT2D eigenvalue weighted by Crippen LogP contribution is 2.40. The molecule has 1 N–H and O–H groups in total. The van der Waals surface area contributed by atoms with Crippen molar-refractivity contribution < 1.29 is 24.2 Å². The molecule has 7 nitrogen and oxygen atoms in total. The second-order valence-electron chi connectivity index (χ2n) is 9.68. The quantitative estimate of drug-likeness (QED) is 0.337. The van der Waals surface area contributed by atoms with Crippen molar-refractivity contribution in [2.45, 2.75) is 39.7 Å². The Morgan fingerprint density at radius 3 is 2.39 bits per heavy atom. The molecule has 7 heteroatoms. The Morgan fingerprint density at radius 2 is 1.78 bits per heavy atom. The zero-order valence-electron chi connectivity index (χ0n) is 21.6. The number of nitrogens with zero attached hydrogens (tertiary/aromatic N) is 2. The minimum absolute atomic E-state index is 0.131. The largest absolute Gasteiger partial charge is 0.507 e. The first-order chi connectivity index (χ1) is 17.3. The molecular formula is C29H36N2O5. The Balaban J connectivity index is 1.75. The molecule has 4 rings (SSSR count). The number of Topliss-reactive ketones (excluding diaryl/α,β-unsaturated/α-hetero) is 1. The molecule has 0 aliphatic carbocycles. The van der Waals surface area contributed by atoms with Crippen LogP contribution in [0.4, 0.5) is 0 Å². The average molecular weight is 493 g/mol. The first kappa shape index (κ1) is 25.9. The summed E-state index contributed by atoms with van der Waals surface area (Å²) in [6.07, 6.45) is 0. The summed E-state index contributed by atoms with van der Waals surface area (Å²) in [7, 11) is 0. The monoisotopic (exact) mass is 492 g/mol. The molecule has 192 valence electrons. The van der Waals surface area contributed by atoms with Crippen LogP contribution in [0.3, 0.4) is 0 Å². The van der Waals surface area contributed by atoms with Crippen molar-refractivity contribution in [1.82, 2.24) is 9.80 Å². The number of aryl methyl sites for hydroxylation is 1. The molecule has 0 radical (unpaired) electrons. The standard InChI is InChI=1S/C29H36N2O5/c1-5-36-23-10-11-24(20(4)18-23)27(32)25-26(22-8-6-21(7-9-22)19(2)3)31(29(34)28(25)33)13-12-30-14-16-35-17-15-30/h6-11,18-19,26,32H,5,12-17H2,1-4H3/t26-/m1/s1. The van der Waals surface area contributed by atoms with Gasteiger partial charge in [-0.1, -0.05) is 38.1 Å².